The molecule has 3 rings (SSSR count). The zero-order valence-corrected chi connectivity index (χ0v) is 17.7. The third-order valence-electron chi connectivity index (χ3n) is 4.85. The lowest BCUT2D eigenvalue weighted by atomic mass is 9.96. The monoisotopic (exact) mass is 409 g/mol. The predicted molar refractivity (Wildman–Crippen MR) is 114 cm³/mol. The highest BCUT2D eigenvalue weighted by molar-refractivity contribution is 6.46. The highest BCUT2D eigenvalue weighted by Crippen LogP contribution is 2.39. The smallest absolute Gasteiger partial charge is 0.295 e. The minimum atomic E-state index is -0.685. The Morgan fingerprint density at radius 1 is 1.13 bits per heavy atom. The van der Waals surface area contributed by atoms with Crippen LogP contribution in [0.3, 0.4) is 0 Å². The Hall–Kier alpha value is -3.19. The van der Waals surface area contributed by atoms with Crippen LogP contribution < -0.4 is 4.74 Å². The third-order valence-corrected chi connectivity index (χ3v) is 4.85. The molecular weight excluding hydrogens is 382 g/mol. The number of rotatable bonds is 7. The van der Waals surface area contributed by atoms with E-state index in [1.165, 1.54) is 4.90 Å². The number of carbonyl (C=O) groups is 2. The number of nitrogens with zero attached hydrogens (tertiary/aromatic N) is 3. The van der Waals surface area contributed by atoms with E-state index in [9.17, 15) is 14.7 Å². The number of likely N-dealkylation sites (tertiary alicyclic amines) is 1. The van der Waals surface area contributed by atoms with Crippen LogP contribution in [0.25, 0.3) is 5.76 Å². The summed E-state index contributed by atoms with van der Waals surface area (Å²) in [4.78, 5) is 33.2. The second-order valence-corrected chi connectivity index (χ2v) is 7.77. The van der Waals surface area contributed by atoms with Gasteiger partial charge in [0, 0.05) is 31.0 Å². The molecule has 0 saturated carbocycles. The van der Waals surface area contributed by atoms with E-state index in [1.54, 1.807) is 48.8 Å². The Labute approximate surface area is 176 Å². The lowest BCUT2D eigenvalue weighted by Gasteiger charge is -2.26. The van der Waals surface area contributed by atoms with Crippen LogP contribution in [0.2, 0.25) is 0 Å². The maximum Gasteiger partial charge on any atom is 0.295 e. The number of carbonyl (C=O) groups excluding carboxylic acids is 2. The molecule has 1 fully saturated rings. The van der Waals surface area contributed by atoms with Crippen molar-refractivity contribution in [2.75, 3.05) is 27.2 Å². The molecule has 30 heavy (non-hydrogen) atoms. The Bertz CT molecular complexity index is 937. The van der Waals surface area contributed by atoms with Gasteiger partial charge in [-0.2, -0.15) is 0 Å². The minimum Gasteiger partial charge on any atom is -0.507 e. The molecule has 0 radical (unpaired) electrons. The van der Waals surface area contributed by atoms with E-state index in [1.807, 2.05) is 32.8 Å². The number of Topliss-reactive ketones (excluding diaryl/α,β-unsaturated/α-hetero) is 1. The van der Waals surface area contributed by atoms with Crippen LogP contribution in [-0.4, -0.2) is 64.9 Å². The molecule has 2 aromatic rings. The van der Waals surface area contributed by atoms with Crippen molar-refractivity contribution in [1.29, 1.82) is 0 Å². The summed E-state index contributed by atoms with van der Waals surface area (Å²) >= 11 is 0. The fourth-order valence-electron chi connectivity index (χ4n) is 3.43. The lowest BCUT2D eigenvalue weighted by Crippen LogP contribution is -2.35. The summed E-state index contributed by atoms with van der Waals surface area (Å²) in [5, 5.41) is 11.0. The van der Waals surface area contributed by atoms with Crippen molar-refractivity contribution in [3.8, 4) is 5.75 Å². The molecule has 1 unspecified atom stereocenters. The average molecular weight is 409 g/mol. The van der Waals surface area contributed by atoms with E-state index in [0.717, 1.165) is 5.56 Å². The molecule has 0 bridgehead atoms. The van der Waals surface area contributed by atoms with Gasteiger partial charge in [-0.15, -0.1) is 0 Å². The first kappa shape index (κ1) is 21.5. The van der Waals surface area contributed by atoms with E-state index in [0.29, 0.717) is 24.4 Å². The maximum atomic E-state index is 12.9. The van der Waals surface area contributed by atoms with Gasteiger partial charge in [-0.05, 0) is 69.9 Å². The number of likely N-dealkylation sites (N-methyl/N-ethyl adjacent to an activating group) is 1. The largest absolute Gasteiger partial charge is 0.507 e. The maximum absolute atomic E-state index is 12.9. The number of aromatic nitrogens is 1. The fourth-order valence-corrected chi connectivity index (χ4v) is 3.43. The molecule has 158 valence electrons. The molecular formula is C23H27N3O4. The van der Waals surface area contributed by atoms with Crippen LogP contribution in [-0.2, 0) is 9.59 Å². The van der Waals surface area contributed by atoms with E-state index in [-0.39, 0.29) is 17.4 Å². The molecule has 0 aliphatic carbocycles. The number of aliphatic hydroxyl groups is 1. The summed E-state index contributed by atoms with van der Waals surface area (Å²) in [6.07, 6.45) is 3.25. The summed E-state index contributed by atoms with van der Waals surface area (Å²) in [5.41, 5.74) is 1.27. The topological polar surface area (TPSA) is 83.0 Å². The van der Waals surface area contributed by atoms with Crippen molar-refractivity contribution >= 4 is 17.4 Å². The number of ether oxygens (including phenoxy) is 1. The molecule has 1 aliphatic rings. The zero-order chi connectivity index (χ0) is 21.8. The molecule has 1 saturated heterocycles. The molecule has 1 aromatic carbocycles. The van der Waals surface area contributed by atoms with Crippen LogP contribution >= 0.6 is 0 Å². The van der Waals surface area contributed by atoms with Crippen LogP contribution in [0.5, 0.6) is 5.75 Å². The van der Waals surface area contributed by atoms with Gasteiger partial charge in [-0.1, -0.05) is 0 Å². The van der Waals surface area contributed by atoms with Crippen molar-refractivity contribution < 1.29 is 19.4 Å². The Morgan fingerprint density at radius 3 is 2.33 bits per heavy atom. The van der Waals surface area contributed by atoms with E-state index in [4.69, 9.17) is 4.74 Å². The van der Waals surface area contributed by atoms with Gasteiger partial charge in [-0.3, -0.25) is 14.6 Å². The molecule has 1 atom stereocenters. The van der Waals surface area contributed by atoms with E-state index >= 15 is 0 Å². The van der Waals surface area contributed by atoms with Gasteiger partial charge in [0.25, 0.3) is 11.7 Å². The highest BCUT2D eigenvalue weighted by Gasteiger charge is 2.45. The van der Waals surface area contributed by atoms with E-state index in [2.05, 4.69) is 4.98 Å². The van der Waals surface area contributed by atoms with Crippen molar-refractivity contribution in [2.45, 2.75) is 26.0 Å². The van der Waals surface area contributed by atoms with Gasteiger partial charge in [0.15, 0.2) is 0 Å². The summed E-state index contributed by atoms with van der Waals surface area (Å²) in [7, 11) is 3.80. The van der Waals surface area contributed by atoms with Gasteiger partial charge < -0.3 is 19.6 Å². The number of ketones is 1. The first-order chi connectivity index (χ1) is 14.3. The second kappa shape index (κ2) is 9.09. The molecule has 7 nitrogen and oxygen atoms in total. The average Bonchev–Trinajstić information content (AvgIpc) is 2.97. The van der Waals surface area contributed by atoms with Gasteiger partial charge in [0.05, 0.1) is 17.7 Å². The SMILES string of the molecule is CC(C)Oc1ccc(/C(O)=C2\C(=O)C(=O)N(CCN(C)C)C2c2ccncc2)cc1. The van der Waals surface area contributed by atoms with Crippen LogP contribution in [0.4, 0.5) is 0 Å². The normalized spacial score (nSPS) is 18.5. The lowest BCUT2D eigenvalue weighted by molar-refractivity contribution is -0.140. The van der Waals surface area contributed by atoms with Gasteiger partial charge in [0.2, 0.25) is 0 Å². The first-order valence-electron chi connectivity index (χ1n) is 9.89. The van der Waals surface area contributed by atoms with Crippen LogP contribution in [0, 0.1) is 0 Å². The van der Waals surface area contributed by atoms with Gasteiger partial charge in [-0.25, -0.2) is 0 Å². The minimum absolute atomic E-state index is 0.0261. The van der Waals surface area contributed by atoms with Crippen molar-refractivity contribution in [3.05, 3.63) is 65.5 Å². The number of aliphatic hydroxyl groups excluding tert-OH is 1. The van der Waals surface area contributed by atoms with Crippen LogP contribution in [0.15, 0.2) is 54.4 Å². The van der Waals surface area contributed by atoms with Crippen LogP contribution in [0.1, 0.15) is 31.0 Å². The molecule has 0 spiro atoms. The summed E-state index contributed by atoms with van der Waals surface area (Å²) in [6.45, 7) is 4.81. The highest BCUT2D eigenvalue weighted by atomic mass is 16.5. The molecule has 7 heteroatoms. The standard InChI is InChI=1S/C23H27N3O4/c1-15(2)30-18-7-5-17(6-8-18)21(27)19-20(16-9-11-24-12-10-16)26(14-13-25(3)4)23(29)22(19)28/h5-12,15,20,27H,13-14H2,1-4H3/b21-19+. The molecule has 1 aromatic heterocycles. The number of pyridine rings is 1. The third kappa shape index (κ3) is 4.52. The molecule has 1 N–H and O–H groups in total. The summed E-state index contributed by atoms with van der Waals surface area (Å²) in [6, 6.07) is 9.68. The zero-order valence-electron chi connectivity index (χ0n) is 17.7. The molecule has 2 heterocycles. The Kier molecular flexibility index (Phi) is 6.52. The fraction of sp³-hybridized carbons (Fsp3) is 0.348. The molecule has 1 aliphatic heterocycles. The number of amides is 1. The Balaban J connectivity index is 2.05. The van der Waals surface area contributed by atoms with Crippen molar-refractivity contribution in [1.82, 2.24) is 14.8 Å². The van der Waals surface area contributed by atoms with Crippen molar-refractivity contribution in [3.63, 3.8) is 0 Å². The quantitative estimate of drug-likeness (QED) is 0.430. The molecule has 1 amide bonds. The Morgan fingerprint density at radius 2 is 1.77 bits per heavy atom. The first-order valence-corrected chi connectivity index (χ1v) is 9.89. The number of hydrogen-bond acceptors (Lipinski definition) is 6. The number of benzene rings is 1. The summed E-state index contributed by atoms with van der Waals surface area (Å²) in [5.74, 6) is -0.826. The summed E-state index contributed by atoms with van der Waals surface area (Å²) < 4.78 is 5.64. The second-order valence-electron chi connectivity index (χ2n) is 7.77. The van der Waals surface area contributed by atoms with Crippen molar-refractivity contribution in [2.24, 2.45) is 0 Å². The number of hydrogen-bond donors (Lipinski definition) is 1. The van der Waals surface area contributed by atoms with E-state index < -0.39 is 17.7 Å². The van der Waals surface area contributed by atoms with Gasteiger partial charge >= 0.3 is 0 Å². The predicted octanol–water partition coefficient (Wildman–Crippen LogP) is 2.85. The van der Waals surface area contributed by atoms with Gasteiger partial charge in [0.1, 0.15) is 11.5 Å².